The van der Waals surface area contributed by atoms with Crippen LogP contribution in [-0.4, -0.2) is 62.9 Å². The number of β-amino-alcohol motifs (C(OH)–C–C–N with tert-alkyl or cyclic N) is 1. The highest BCUT2D eigenvalue weighted by atomic mass is 16.3. The molecule has 1 N–H and O–H groups in total. The van der Waals surface area contributed by atoms with E-state index >= 15 is 0 Å². The van der Waals surface area contributed by atoms with Crippen LogP contribution < -0.4 is 0 Å². The van der Waals surface area contributed by atoms with E-state index in [-0.39, 0.29) is 5.91 Å². The molecule has 31 heavy (non-hydrogen) atoms. The topological polar surface area (TPSA) is 61.6 Å². The van der Waals surface area contributed by atoms with Crippen LogP contribution in [0.25, 0.3) is 11.1 Å². The number of hydrogen-bond donors (Lipinski definition) is 1. The fourth-order valence-corrected chi connectivity index (χ4v) is 4.77. The average Bonchev–Trinajstić information content (AvgIpc) is 3.22. The molecule has 6 nitrogen and oxygen atoms in total. The monoisotopic (exact) mass is 416 g/mol. The molecule has 1 atom stereocenters. The Morgan fingerprint density at radius 1 is 1.00 bits per heavy atom. The normalized spacial score (nSPS) is 17.4. The number of fused-ring (bicyclic) bond motifs is 2. The highest BCUT2D eigenvalue weighted by Gasteiger charge is 2.27. The van der Waals surface area contributed by atoms with Crippen molar-refractivity contribution >= 4 is 5.91 Å². The van der Waals surface area contributed by atoms with E-state index < -0.39 is 6.10 Å². The third-order valence-corrected chi connectivity index (χ3v) is 6.43. The molecular formula is C25H28N4O2. The van der Waals surface area contributed by atoms with Crippen molar-refractivity contribution in [1.82, 2.24) is 19.6 Å². The summed E-state index contributed by atoms with van der Waals surface area (Å²) in [4.78, 5) is 17.3. The summed E-state index contributed by atoms with van der Waals surface area (Å²) in [5.74, 6) is 0.00929. The molecule has 160 valence electrons. The van der Waals surface area contributed by atoms with Gasteiger partial charge in [0, 0.05) is 57.1 Å². The van der Waals surface area contributed by atoms with E-state index in [0.29, 0.717) is 19.6 Å². The molecule has 0 bridgehead atoms. The van der Waals surface area contributed by atoms with Gasteiger partial charge >= 0.3 is 0 Å². The standard InChI is InChI=1S/C25H28N4O2/c1-27-14-22(13-26-27)20-7-6-19-9-11-29(25(31)24(19)12-20)17-23(30)16-28-10-8-18-4-2-3-5-21(18)15-28/h2-7,12-14,23,30H,8-11,15-17H2,1H3/t23-/m0/s1. The molecule has 3 aromatic rings. The lowest BCUT2D eigenvalue weighted by Gasteiger charge is -2.34. The zero-order valence-corrected chi connectivity index (χ0v) is 17.9. The number of amides is 1. The van der Waals surface area contributed by atoms with Gasteiger partial charge in [-0.2, -0.15) is 5.10 Å². The van der Waals surface area contributed by atoms with Crippen LogP contribution in [0.3, 0.4) is 0 Å². The van der Waals surface area contributed by atoms with Crippen molar-refractivity contribution in [2.75, 3.05) is 26.2 Å². The van der Waals surface area contributed by atoms with Gasteiger partial charge < -0.3 is 10.0 Å². The van der Waals surface area contributed by atoms with Gasteiger partial charge in [0.1, 0.15) is 0 Å². The maximum atomic E-state index is 13.2. The van der Waals surface area contributed by atoms with Crippen LogP contribution in [0.5, 0.6) is 0 Å². The number of nitrogens with zero attached hydrogens (tertiary/aromatic N) is 4. The summed E-state index contributed by atoms with van der Waals surface area (Å²) >= 11 is 0. The van der Waals surface area contributed by atoms with E-state index in [1.165, 1.54) is 11.1 Å². The van der Waals surface area contributed by atoms with E-state index in [2.05, 4.69) is 46.4 Å². The zero-order valence-electron chi connectivity index (χ0n) is 17.9. The largest absolute Gasteiger partial charge is 0.390 e. The number of rotatable bonds is 5. The first-order chi connectivity index (χ1) is 15.1. The molecule has 0 unspecified atom stereocenters. The number of aliphatic hydroxyl groups is 1. The van der Waals surface area contributed by atoms with Gasteiger partial charge in [-0.1, -0.05) is 36.4 Å². The zero-order chi connectivity index (χ0) is 21.4. The van der Waals surface area contributed by atoms with Crippen LogP contribution in [0.2, 0.25) is 0 Å². The van der Waals surface area contributed by atoms with Gasteiger partial charge in [-0.05, 0) is 41.2 Å². The molecule has 0 saturated heterocycles. The molecule has 0 saturated carbocycles. The third-order valence-electron chi connectivity index (χ3n) is 6.43. The van der Waals surface area contributed by atoms with Crippen molar-refractivity contribution in [3.63, 3.8) is 0 Å². The Morgan fingerprint density at radius 2 is 1.81 bits per heavy atom. The number of aliphatic hydroxyl groups excluding tert-OH is 1. The number of benzene rings is 2. The Balaban J connectivity index is 1.25. The van der Waals surface area contributed by atoms with Crippen LogP contribution in [0.15, 0.2) is 54.9 Å². The molecule has 2 aliphatic rings. The van der Waals surface area contributed by atoms with Crippen molar-refractivity contribution in [1.29, 1.82) is 0 Å². The van der Waals surface area contributed by atoms with E-state index in [9.17, 15) is 9.90 Å². The van der Waals surface area contributed by atoms with Gasteiger partial charge in [0.25, 0.3) is 5.91 Å². The van der Waals surface area contributed by atoms with E-state index in [1.54, 1.807) is 9.58 Å². The summed E-state index contributed by atoms with van der Waals surface area (Å²) in [7, 11) is 1.89. The SMILES string of the molecule is Cn1cc(-c2ccc3c(c2)C(=O)N(C[C@@H](O)CN2CCc4ccccc4C2)CC3)cn1. The molecule has 0 radical (unpaired) electrons. The number of carbonyl (C=O) groups excluding carboxylic acids is 1. The van der Waals surface area contributed by atoms with Crippen LogP contribution in [0.4, 0.5) is 0 Å². The van der Waals surface area contributed by atoms with Crippen LogP contribution in [0, 0.1) is 0 Å². The van der Waals surface area contributed by atoms with E-state index in [4.69, 9.17) is 0 Å². The fraction of sp³-hybridized carbons (Fsp3) is 0.360. The van der Waals surface area contributed by atoms with E-state index in [0.717, 1.165) is 48.2 Å². The minimum atomic E-state index is -0.558. The molecule has 2 aliphatic heterocycles. The Labute approximate surface area is 182 Å². The quantitative estimate of drug-likeness (QED) is 0.694. The minimum absolute atomic E-state index is 0.00929. The minimum Gasteiger partial charge on any atom is -0.390 e. The number of carbonyl (C=O) groups is 1. The molecule has 2 aromatic carbocycles. The lowest BCUT2D eigenvalue weighted by atomic mass is 9.95. The molecule has 0 spiro atoms. The second-order valence-electron chi connectivity index (χ2n) is 8.68. The molecular weight excluding hydrogens is 388 g/mol. The van der Waals surface area contributed by atoms with Crippen molar-refractivity contribution in [2.45, 2.75) is 25.5 Å². The van der Waals surface area contributed by atoms with Gasteiger partial charge in [0.15, 0.2) is 0 Å². The van der Waals surface area contributed by atoms with Gasteiger partial charge in [-0.25, -0.2) is 0 Å². The predicted octanol–water partition coefficient (Wildman–Crippen LogP) is 2.50. The average molecular weight is 417 g/mol. The summed E-state index contributed by atoms with van der Waals surface area (Å²) in [6, 6.07) is 14.6. The van der Waals surface area contributed by atoms with Crippen molar-refractivity contribution in [2.24, 2.45) is 7.05 Å². The molecule has 1 aromatic heterocycles. The lowest BCUT2D eigenvalue weighted by molar-refractivity contribution is 0.0493. The number of aromatic nitrogens is 2. The molecule has 0 aliphatic carbocycles. The number of aryl methyl sites for hydroxylation is 1. The van der Waals surface area contributed by atoms with Gasteiger partial charge in [0.2, 0.25) is 0 Å². The highest BCUT2D eigenvalue weighted by Crippen LogP contribution is 2.26. The molecule has 1 amide bonds. The van der Waals surface area contributed by atoms with Gasteiger partial charge in [0.05, 0.1) is 12.3 Å². The molecule has 0 fully saturated rings. The van der Waals surface area contributed by atoms with Crippen LogP contribution in [0.1, 0.15) is 27.0 Å². The predicted molar refractivity (Wildman–Crippen MR) is 120 cm³/mol. The Hall–Kier alpha value is -2.96. The van der Waals surface area contributed by atoms with E-state index in [1.807, 2.05) is 25.5 Å². The molecule has 3 heterocycles. The first kappa shape index (κ1) is 20.0. The van der Waals surface area contributed by atoms with Crippen LogP contribution in [-0.2, 0) is 26.4 Å². The summed E-state index contributed by atoms with van der Waals surface area (Å²) in [5.41, 5.74) is 6.56. The molecule has 6 heteroatoms. The van der Waals surface area contributed by atoms with Gasteiger partial charge in [-0.3, -0.25) is 14.4 Å². The Bertz CT molecular complexity index is 1110. The Kier molecular flexibility index (Phi) is 5.34. The Morgan fingerprint density at radius 3 is 2.61 bits per heavy atom. The van der Waals surface area contributed by atoms with Crippen molar-refractivity contribution < 1.29 is 9.90 Å². The van der Waals surface area contributed by atoms with Crippen LogP contribution >= 0.6 is 0 Å². The molecule has 5 rings (SSSR count). The lowest BCUT2D eigenvalue weighted by Crippen LogP contribution is -2.46. The number of hydrogen-bond acceptors (Lipinski definition) is 4. The van der Waals surface area contributed by atoms with Crippen molar-refractivity contribution in [3.05, 3.63) is 77.1 Å². The van der Waals surface area contributed by atoms with Gasteiger partial charge in [-0.15, -0.1) is 0 Å². The summed E-state index contributed by atoms with van der Waals surface area (Å²) < 4.78 is 1.76. The highest BCUT2D eigenvalue weighted by molar-refractivity contribution is 5.98. The second-order valence-corrected chi connectivity index (χ2v) is 8.68. The maximum absolute atomic E-state index is 13.2. The maximum Gasteiger partial charge on any atom is 0.254 e. The second kappa shape index (κ2) is 8.29. The summed E-state index contributed by atoms with van der Waals surface area (Å²) in [6.45, 7) is 3.41. The fourth-order valence-electron chi connectivity index (χ4n) is 4.77. The first-order valence-corrected chi connectivity index (χ1v) is 11.0. The first-order valence-electron chi connectivity index (χ1n) is 11.0. The third kappa shape index (κ3) is 4.13. The summed E-state index contributed by atoms with van der Waals surface area (Å²) in [5, 5.41) is 15.0. The smallest absolute Gasteiger partial charge is 0.254 e. The summed E-state index contributed by atoms with van der Waals surface area (Å²) in [6.07, 6.45) is 5.03. The van der Waals surface area contributed by atoms with Crippen molar-refractivity contribution in [3.8, 4) is 11.1 Å².